The molecule has 7 nitrogen and oxygen atoms in total. The summed E-state index contributed by atoms with van der Waals surface area (Å²) >= 11 is 0. The van der Waals surface area contributed by atoms with Crippen molar-refractivity contribution in [2.45, 2.75) is 38.5 Å². The van der Waals surface area contributed by atoms with Crippen molar-refractivity contribution in [1.29, 1.82) is 0 Å². The van der Waals surface area contributed by atoms with Gasteiger partial charge in [0.15, 0.2) is 5.75 Å². The first-order valence-corrected chi connectivity index (χ1v) is 13.0. The third-order valence-corrected chi connectivity index (χ3v) is 8.43. The fourth-order valence-electron chi connectivity index (χ4n) is 4.48. The summed E-state index contributed by atoms with van der Waals surface area (Å²) in [7, 11) is -3.03. The fourth-order valence-corrected chi connectivity index (χ4v) is 5.62. The minimum atomic E-state index is -4.66. The summed E-state index contributed by atoms with van der Waals surface area (Å²) in [6, 6.07) is 5.27. The van der Waals surface area contributed by atoms with Gasteiger partial charge in [0.25, 0.3) is 16.3 Å². The van der Waals surface area contributed by atoms with Gasteiger partial charge in [-0.25, -0.2) is 4.39 Å². The first-order chi connectivity index (χ1) is 16.9. The lowest BCUT2D eigenvalue weighted by molar-refractivity contribution is -0.137. The van der Waals surface area contributed by atoms with E-state index in [0.29, 0.717) is 42.9 Å². The number of aromatic amines is 1. The average molecular weight is 529 g/mol. The maximum atomic E-state index is 14.2. The summed E-state index contributed by atoms with van der Waals surface area (Å²) in [5, 5.41) is 0.674. The highest BCUT2D eigenvalue weighted by Gasteiger charge is 2.37. The highest BCUT2D eigenvalue weighted by atomic mass is 32.3. The van der Waals surface area contributed by atoms with E-state index in [4.69, 9.17) is 10.5 Å². The number of nitrogens with two attached hydrogens (primary N) is 1. The number of hydrogen-bond acceptors (Lipinski definition) is 3. The van der Waals surface area contributed by atoms with Gasteiger partial charge in [-0.1, -0.05) is 10.4 Å². The zero-order valence-corrected chi connectivity index (χ0v) is 20.2. The number of alkyl halides is 3. The van der Waals surface area contributed by atoms with Crippen molar-refractivity contribution in [2.24, 2.45) is 5.73 Å². The second-order valence-corrected chi connectivity index (χ2v) is 11.0. The molecule has 0 radical (unpaired) electrons. The number of rotatable bonds is 7. The van der Waals surface area contributed by atoms with E-state index < -0.39 is 33.9 Å². The van der Waals surface area contributed by atoms with Crippen LogP contribution < -0.4 is 10.5 Å². The van der Waals surface area contributed by atoms with Crippen LogP contribution in [0.15, 0.2) is 36.5 Å². The lowest BCUT2D eigenvalue weighted by atomic mass is 9.89. The van der Waals surface area contributed by atoms with E-state index >= 15 is 0 Å². The standard InChI is InChI=1S/C24H25F4N3O4S/c1-2-36(33,34)31-7-5-14(6-8-31)20-12-30-22-18(20)10-17(11-19(22)23(29)32)35-13-15-3-4-16(9-21(15)25)24(26,27)28/h3-4,9-12,14H,2,5-8,13H2,1H3,(H3-,29,30,32,33,34)/p+1. The third kappa shape index (κ3) is 5.25. The predicted octanol–water partition coefficient (Wildman–Crippen LogP) is 5.09. The quantitative estimate of drug-likeness (QED) is 0.293. The van der Waals surface area contributed by atoms with Gasteiger partial charge in [0.05, 0.1) is 16.6 Å². The van der Waals surface area contributed by atoms with Crippen molar-refractivity contribution in [3.05, 3.63) is 64.6 Å². The molecule has 0 saturated carbocycles. The Bertz CT molecular complexity index is 1330. The molecule has 36 heavy (non-hydrogen) atoms. The zero-order chi connectivity index (χ0) is 26.3. The van der Waals surface area contributed by atoms with Crippen LogP contribution >= 0.6 is 0 Å². The van der Waals surface area contributed by atoms with Gasteiger partial charge in [0.1, 0.15) is 18.2 Å². The second-order valence-electron chi connectivity index (χ2n) is 8.69. The Labute approximate surface area is 206 Å². The molecule has 1 fully saturated rings. The number of hydrogen-bond donors (Lipinski definition) is 3. The van der Waals surface area contributed by atoms with E-state index in [9.17, 15) is 31.1 Å². The van der Waals surface area contributed by atoms with E-state index in [0.717, 1.165) is 17.7 Å². The van der Waals surface area contributed by atoms with E-state index in [1.54, 1.807) is 23.5 Å². The van der Waals surface area contributed by atoms with E-state index in [1.807, 2.05) is 0 Å². The van der Waals surface area contributed by atoms with Crippen molar-refractivity contribution < 1.29 is 35.9 Å². The molecule has 0 spiro atoms. The van der Waals surface area contributed by atoms with E-state index in [2.05, 4.69) is 4.98 Å². The van der Waals surface area contributed by atoms with Gasteiger partial charge in [-0.15, -0.1) is 0 Å². The van der Waals surface area contributed by atoms with Gasteiger partial charge in [-0.2, -0.15) is 17.7 Å². The highest BCUT2D eigenvalue weighted by molar-refractivity contribution is 7.95. The number of H-pyrrole nitrogens is 1. The number of carbonyl (C=O) groups excluding carboxylic acids is 1. The van der Waals surface area contributed by atoms with Gasteiger partial charge in [0.2, 0.25) is 0 Å². The molecule has 1 aromatic heterocycles. The van der Waals surface area contributed by atoms with E-state index in [1.165, 1.54) is 6.07 Å². The third-order valence-electron chi connectivity index (χ3n) is 6.51. The van der Waals surface area contributed by atoms with Crippen molar-refractivity contribution in [2.75, 3.05) is 18.8 Å². The Hall–Kier alpha value is -2.96. The smallest absolute Gasteiger partial charge is 0.416 e. The predicted molar refractivity (Wildman–Crippen MR) is 127 cm³/mol. The largest absolute Gasteiger partial charge is 0.489 e. The van der Waals surface area contributed by atoms with Gasteiger partial charge < -0.3 is 15.5 Å². The molecule has 0 aliphatic carbocycles. The fraction of sp³-hybridized carbons (Fsp3) is 0.375. The monoisotopic (exact) mass is 528 g/mol. The van der Waals surface area contributed by atoms with Crippen LogP contribution in [0.2, 0.25) is 0 Å². The first-order valence-electron chi connectivity index (χ1n) is 11.3. The van der Waals surface area contributed by atoms with Crippen LogP contribution in [-0.4, -0.2) is 38.6 Å². The Balaban J connectivity index is 1.59. The summed E-state index contributed by atoms with van der Waals surface area (Å²) in [5.74, 6) is -1.36. The molecule has 0 bridgehead atoms. The molecule has 1 atom stereocenters. The number of nitrogens with zero attached hydrogens (tertiary/aromatic N) is 1. The van der Waals surface area contributed by atoms with E-state index in [-0.39, 0.29) is 35.2 Å². The molecule has 1 aliphatic rings. The number of piperidine rings is 1. The number of aromatic nitrogens is 1. The number of benzene rings is 2. The minimum absolute atomic E-state index is 0.0467. The van der Waals surface area contributed by atoms with Crippen molar-refractivity contribution in [3.63, 3.8) is 0 Å². The molecular weight excluding hydrogens is 502 g/mol. The molecule has 4 rings (SSSR count). The topological polar surface area (TPSA) is 109 Å². The Morgan fingerprint density at radius 3 is 2.53 bits per heavy atom. The maximum absolute atomic E-state index is 14.2. The van der Waals surface area contributed by atoms with Gasteiger partial charge in [-0.3, -0.25) is 4.79 Å². The zero-order valence-electron chi connectivity index (χ0n) is 19.4. The Kier molecular flexibility index (Phi) is 7.13. The lowest BCUT2D eigenvalue weighted by Gasteiger charge is -2.29. The van der Waals surface area contributed by atoms with Gasteiger partial charge >= 0.3 is 6.18 Å². The summed E-state index contributed by atoms with van der Waals surface area (Å²) in [6.07, 6.45) is -1.64. The van der Waals surface area contributed by atoms with Gasteiger partial charge in [0, 0.05) is 30.2 Å². The van der Waals surface area contributed by atoms with Crippen LogP contribution in [0.5, 0.6) is 5.75 Å². The number of fused-ring (bicyclic) bond motifs is 1. The molecule has 2 aromatic carbocycles. The maximum Gasteiger partial charge on any atom is 0.416 e. The number of ether oxygens (including phenoxy) is 1. The summed E-state index contributed by atoms with van der Waals surface area (Å²) < 4.78 is 82.3. The van der Waals surface area contributed by atoms with Crippen LogP contribution in [-0.2, 0) is 27.4 Å². The number of halogens is 4. The van der Waals surface area contributed by atoms with Crippen molar-refractivity contribution >= 4 is 27.2 Å². The molecule has 1 amide bonds. The first kappa shape index (κ1) is 26.1. The molecule has 12 heteroatoms. The Morgan fingerprint density at radius 2 is 1.94 bits per heavy atom. The van der Waals surface area contributed by atoms with Crippen LogP contribution in [0.1, 0.15) is 52.7 Å². The summed E-state index contributed by atoms with van der Waals surface area (Å²) in [5.41, 5.74) is 5.94. The normalized spacial score (nSPS) is 17.3. The SMILES string of the molecule is CC[S+](=O)(O)N1CCC(c2c[nH]c3c(C(N)=O)cc(OCc4ccc(C(F)(F)F)cc4F)cc23)CC1. The molecule has 3 aromatic rings. The molecule has 194 valence electrons. The van der Waals surface area contributed by atoms with Crippen LogP contribution in [0.3, 0.4) is 0 Å². The minimum Gasteiger partial charge on any atom is -0.489 e. The molecular formula is C24H26F4N3O4S+. The molecule has 1 saturated heterocycles. The summed E-state index contributed by atoms with van der Waals surface area (Å²) in [4.78, 5) is 15.2. The number of nitrogens with one attached hydrogen (secondary N) is 1. The van der Waals surface area contributed by atoms with Crippen LogP contribution in [0, 0.1) is 5.82 Å². The lowest BCUT2D eigenvalue weighted by Crippen LogP contribution is -2.42. The average Bonchev–Trinajstić information content (AvgIpc) is 3.26. The molecule has 4 N–H and O–H groups in total. The number of carbonyl (C=O) groups is 1. The van der Waals surface area contributed by atoms with Crippen molar-refractivity contribution in [1.82, 2.24) is 9.29 Å². The van der Waals surface area contributed by atoms with Crippen LogP contribution in [0.25, 0.3) is 10.9 Å². The number of amides is 1. The summed E-state index contributed by atoms with van der Waals surface area (Å²) in [6.45, 7) is 2.18. The van der Waals surface area contributed by atoms with Gasteiger partial charge in [-0.05, 0) is 59.7 Å². The highest BCUT2D eigenvalue weighted by Crippen LogP contribution is 2.37. The molecule has 1 unspecified atom stereocenters. The second kappa shape index (κ2) is 9.83. The number of primary amides is 1. The molecule has 2 heterocycles. The van der Waals surface area contributed by atoms with Crippen molar-refractivity contribution in [3.8, 4) is 5.75 Å². The van der Waals surface area contributed by atoms with Crippen LogP contribution in [0.4, 0.5) is 17.6 Å². The molecule has 1 aliphatic heterocycles. The Morgan fingerprint density at radius 1 is 1.25 bits per heavy atom.